The summed E-state index contributed by atoms with van der Waals surface area (Å²) in [5.41, 5.74) is 0.184. The summed E-state index contributed by atoms with van der Waals surface area (Å²) in [6, 6.07) is 0. The van der Waals surface area contributed by atoms with Gasteiger partial charge in [0.1, 0.15) is 11.6 Å². The third-order valence-electron chi connectivity index (χ3n) is 3.54. The third-order valence-corrected chi connectivity index (χ3v) is 3.54. The van der Waals surface area contributed by atoms with Crippen LogP contribution in [0.15, 0.2) is 12.4 Å². The third kappa shape index (κ3) is 2.11. The fourth-order valence-corrected chi connectivity index (χ4v) is 2.61. The van der Waals surface area contributed by atoms with Crippen molar-refractivity contribution in [3.8, 4) is 0 Å². The number of rotatable bonds is 3. The number of nitrogens with zero attached hydrogens (tertiary/aromatic N) is 1. The summed E-state index contributed by atoms with van der Waals surface area (Å²) in [7, 11) is 0. The van der Waals surface area contributed by atoms with E-state index in [9.17, 15) is 4.79 Å². The maximum atomic E-state index is 12.1. The Morgan fingerprint density at radius 3 is 3.00 bits per heavy atom. The first-order chi connectivity index (χ1) is 7.09. The molecule has 15 heavy (non-hydrogen) atoms. The standard InChI is InChI=1S/C12H18N2O/c1-12(2)5-3-4-9(12)10(15)8-11-13-6-7-14-11/h6-7,9H,3-5,8H2,1-2H3,(H,13,14). The molecule has 1 fully saturated rings. The van der Waals surface area contributed by atoms with Crippen LogP contribution in [0.25, 0.3) is 0 Å². The summed E-state index contributed by atoms with van der Waals surface area (Å²) in [6.07, 6.45) is 7.32. The van der Waals surface area contributed by atoms with E-state index in [0.717, 1.165) is 12.2 Å². The summed E-state index contributed by atoms with van der Waals surface area (Å²) >= 11 is 0. The number of aromatic amines is 1. The Morgan fingerprint density at radius 2 is 2.47 bits per heavy atom. The lowest BCUT2D eigenvalue weighted by atomic mass is 9.78. The highest BCUT2D eigenvalue weighted by Gasteiger charge is 2.38. The number of carbonyl (C=O) groups is 1. The lowest BCUT2D eigenvalue weighted by molar-refractivity contribution is -0.124. The van der Waals surface area contributed by atoms with Gasteiger partial charge in [-0.1, -0.05) is 20.3 Å². The number of H-pyrrole nitrogens is 1. The van der Waals surface area contributed by atoms with E-state index in [-0.39, 0.29) is 11.3 Å². The van der Waals surface area contributed by atoms with Crippen molar-refractivity contribution in [1.29, 1.82) is 0 Å². The Morgan fingerprint density at radius 1 is 1.67 bits per heavy atom. The molecule has 1 unspecified atom stereocenters. The summed E-state index contributed by atoms with van der Waals surface area (Å²) < 4.78 is 0. The Kier molecular flexibility index (Phi) is 2.63. The minimum Gasteiger partial charge on any atom is -0.348 e. The molecule has 1 aliphatic rings. The number of carbonyl (C=O) groups excluding carboxylic acids is 1. The van der Waals surface area contributed by atoms with Gasteiger partial charge in [0.05, 0.1) is 6.42 Å². The van der Waals surface area contributed by atoms with Crippen molar-refractivity contribution in [2.45, 2.75) is 39.5 Å². The zero-order chi connectivity index (χ0) is 10.9. The molecule has 0 saturated heterocycles. The van der Waals surface area contributed by atoms with Gasteiger partial charge in [0.25, 0.3) is 0 Å². The van der Waals surface area contributed by atoms with Crippen LogP contribution >= 0.6 is 0 Å². The molecule has 0 radical (unpaired) electrons. The Balaban J connectivity index is 2.02. The quantitative estimate of drug-likeness (QED) is 0.825. The van der Waals surface area contributed by atoms with Crippen molar-refractivity contribution in [2.75, 3.05) is 0 Å². The number of imidazole rings is 1. The topological polar surface area (TPSA) is 45.8 Å². The van der Waals surface area contributed by atoms with Gasteiger partial charge >= 0.3 is 0 Å². The van der Waals surface area contributed by atoms with Crippen molar-refractivity contribution in [3.63, 3.8) is 0 Å². The lowest BCUT2D eigenvalue weighted by Crippen LogP contribution is -2.27. The summed E-state index contributed by atoms with van der Waals surface area (Å²) in [5, 5.41) is 0. The van der Waals surface area contributed by atoms with Gasteiger partial charge in [-0.05, 0) is 18.3 Å². The van der Waals surface area contributed by atoms with Crippen molar-refractivity contribution in [3.05, 3.63) is 18.2 Å². The van der Waals surface area contributed by atoms with Crippen molar-refractivity contribution in [1.82, 2.24) is 9.97 Å². The molecule has 3 heteroatoms. The number of aromatic nitrogens is 2. The fraction of sp³-hybridized carbons (Fsp3) is 0.667. The Hall–Kier alpha value is -1.12. The first kappa shape index (κ1) is 10.4. The number of Topliss-reactive ketones (excluding diaryl/α,β-unsaturated/α-hetero) is 1. The average molecular weight is 206 g/mol. The molecule has 2 rings (SSSR count). The molecule has 0 spiro atoms. The number of nitrogens with one attached hydrogen (secondary N) is 1. The molecule has 1 saturated carbocycles. The van der Waals surface area contributed by atoms with E-state index >= 15 is 0 Å². The van der Waals surface area contributed by atoms with Crippen LogP contribution in [-0.4, -0.2) is 15.8 Å². The zero-order valence-electron chi connectivity index (χ0n) is 9.42. The molecule has 0 aromatic carbocycles. The van der Waals surface area contributed by atoms with Gasteiger partial charge < -0.3 is 4.98 Å². The van der Waals surface area contributed by atoms with Gasteiger partial charge in [-0.15, -0.1) is 0 Å². The highest BCUT2D eigenvalue weighted by Crippen LogP contribution is 2.43. The van der Waals surface area contributed by atoms with Crippen LogP contribution in [0.5, 0.6) is 0 Å². The van der Waals surface area contributed by atoms with Gasteiger partial charge in [0.2, 0.25) is 0 Å². The maximum Gasteiger partial charge on any atom is 0.143 e. The van der Waals surface area contributed by atoms with Gasteiger partial charge in [-0.3, -0.25) is 4.79 Å². The van der Waals surface area contributed by atoms with Gasteiger partial charge in [-0.2, -0.15) is 0 Å². The van der Waals surface area contributed by atoms with E-state index in [1.165, 1.54) is 12.8 Å². The molecule has 1 aromatic heterocycles. The van der Waals surface area contributed by atoms with Crippen LogP contribution in [0.2, 0.25) is 0 Å². The predicted molar refractivity (Wildman–Crippen MR) is 58.4 cm³/mol. The second kappa shape index (κ2) is 3.80. The van der Waals surface area contributed by atoms with E-state index in [2.05, 4.69) is 23.8 Å². The highest BCUT2D eigenvalue weighted by atomic mass is 16.1. The van der Waals surface area contributed by atoms with Crippen LogP contribution in [0, 0.1) is 11.3 Å². The van der Waals surface area contributed by atoms with Crippen LogP contribution in [-0.2, 0) is 11.2 Å². The largest absolute Gasteiger partial charge is 0.348 e. The van der Waals surface area contributed by atoms with Crippen LogP contribution < -0.4 is 0 Å². The van der Waals surface area contributed by atoms with Gasteiger partial charge in [0, 0.05) is 18.3 Å². The molecule has 3 nitrogen and oxygen atoms in total. The number of hydrogen-bond donors (Lipinski definition) is 1. The molecule has 0 aliphatic heterocycles. The number of ketones is 1. The van der Waals surface area contributed by atoms with Crippen LogP contribution in [0.4, 0.5) is 0 Å². The number of hydrogen-bond acceptors (Lipinski definition) is 2. The monoisotopic (exact) mass is 206 g/mol. The van der Waals surface area contributed by atoms with Crippen molar-refractivity contribution < 1.29 is 4.79 Å². The van der Waals surface area contributed by atoms with E-state index < -0.39 is 0 Å². The normalized spacial score (nSPS) is 24.3. The van der Waals surface area contributed by atoms with Gasteiger partial charge in [0.15, 0.2) is 0 Å². The summed E-state index contributed by atoms with van der Waals surface area (Å²) in [4.78, 5) is 19.2. The minimum absolute atomic E-state index is 0.184. The van der Waals surface area contributed by atoms with Crippen LogP contribution in [0.3, 0.4) is 0 Å². The molecule has 1 atom stereocenters. The second-order valence-corrected chi connectivity index (χ2v) is 5.11. The molecule has 0 amide bonds. The first-order valence-corrected chi connectivity index (χ1v) is 5.60. The average Bonchev–Trinajstić information content (AvgIpc) is 2.73. The molecule has 82 valence electrons. The molecule has 1 aromatic rings. The molecule has 0 bridgehead atoms. The van der Waals surface area contributed by atoms with Crippen LogP contribution in [0.1, 0.15) is 38.9 Å². The first-order valence-electron chi connectivity index (χ1n) is 5.60. The highest BCUT2D eigenvalue weighted by molar-refractivity contribution is 5.83. The molecule has 1 aliphatic carbocycles. The molecule has 1 N–H and O–H groups in total. The zero-order valence-corrected chi connectivity index (χ0v) is 9.42. The van der Waals surface area contributed by atoms with E-state index in [0.29, 0.717) is 12.2 Å². The maximum absolute atomic E-state index is 12.1. The molecular weight excluding hydrogens is 188 g/mol. The lowest BCUT2D eigenvalue weighted by Gasteiger charge is -2.25. The SMILES string of the molecule is CC1(C)CCCC1C(=O)Cc1ncc[nH]1. The second-order valence-electron chi connectivity index (χ2n) is 5.11. The van der Waals surface area contributed by atoms with E-state index in [4.69, 9.17) is 0 Å². The smallest absolute Gasteiger partial charge is 0.143 e. The van der Waals surface area contributed by atoms with E-state index in [1.54, 1.807) is 12.4 Å². The van der Waals surface area contributed by atoms with E-state index in [1.807, 2.05) is 0 Å². The Bertz CT molecular complexity index is 341. The summed E-state index contributed by atoms with van der Waals surface area (Å²) in [5.74, 6) is 1.36. The Labute approximate surface area is 90.3 Å². The fourth-order valence-electron chi connectivity index (χ4n) is 2.61. The van der Waals surface area contributed by atoms with Gasteiger partial charge in [-0.25, -0.2) is 4.98 Å². The van der Waals surface area contributed by atoms with Crippen molar-refractivity contribution in [2.24, 2.45) is 11.3 Å². The predicted octanol–water partition coefficient (Wildman–Crippen LogP) is 2.35. The molecular formula is C12H18N2O. The summed E-state index contributed by atoms with van der Waals surface area (Å²) in [6.45, 7) is 4.40. The minimum atomic E-state index is 0.184. The molecule has 1 heterocycles. The van der Waals surface area contributed by atoms with Crippen molar-refractivity contribution >= 4 is 5.78 Å².